The van der Waals surface area contributed by atoms with E-state index in [-0.39, 0.29) is 5.56 Å². The Kier molecular flexibility index (Phi) is 4.95. The van der Waals surface area contributed by atoms with Crippen molar-refractivity contribution in [3.8, 4) is 0 Å². The Bertz CT molecular complexity index is 699. The van der Waals surface area contributed by atoms with Gasteiger partial charge in [-0.25, -0.2) is 4.98 Å². The standard InChI is InChI=1S/C15H19BrN4OS/c1-19-7-5-17-14(15(19)21)20-6-2-3-11(10-20)18-9-13-12(16)4-8-22-13/h4-5,7-8,11,18H,2-3,6,9-10H2,1H3. The van der Waals surface area contributed by atoms with Gasteiger partial charge >= 0.3 is 0 Å². The summed E-state index contributed by atoms with van der Waals surface area (Å²) in [5.41, 5.74) is -0.0239. The Labute approximate surface area is 142 Å². The summed E-state index contributed by atoms with van der Waals surface area (Å²) in [5.74, 6) is 0.564. The van der Waals surface area contributed by atoms with E-state index in [1.54, 1.807) is 35.3 Å². The highest BCUT2D eigenvalue weighted by Crippen LogP contribution is 2.23. The molecule has 0 radical (unpaired) electrons. The first-order valence-electron chi connectivity index (χ1n) is 7.37. The number of aromatic nitrogens is 2. The number of anilines is 1. The van der Waals surface area contributed by atoms with Crippen LogP contribution >= 0.6 is 27.3 Å². The molecule has 0 amide bonds. The molecule has 1 saturated heterocycles. The van der Waals surface area contributed by atoms with Gasteiger partial charge in [0.25, 0.3) is 5.56 Å². The minimum atomic E-state index is -0.0239. The molecule has 0 aromatic carbocycles. The van der Waals surface area contributed by atoms with Crippen LogP contribution in [0.3, 0.4) is 0 Å². The third kappa shape index (κ3) is 3.42. The fraction of sp³-hybridized carbons (Fsp3) is 0.467. The lowest BCUT2D eigenvalue weighted by Gasteiger charge is -2.33. The largest absolute Gasteiger partial charge is 0.350 e. The second-order valence-corrected chi connectivity index (χ2v) is 7.38. The Morgan fingerprint density at radius 1 is 1.55 bits per heavy atom. The van der Waals surface area contributed by atoms with Gasteiger partial charge in [0.1, 0.15) is 0 Å². The van der Waals surface area contributed by atoms with E-state index < -0.39 is 0 Å². The number of nitrogens with one attached hydrogen (secondary N) is 1. The molecule has 22 heavy (non-hydrogen) atoms. The number of thiophene rings is 1. The Balaban J connectivity index is 1.65. The molecule has 1 aliphatic rings. The van der Waals surface area contributed by atoms with Gasteiger partial charge < -0.3 is 14.8 Å². The maximum atomic E-state index is 12.2. The molecular formula is C15H19BrN4OS. The van der Waals surface area contributed by atoms with E-state index in [1.165, 1.54) is 4.88 Å². The number of halogens is 1. The van der Waals surface area contributed by atoms with Gasteiger partial charge in [-0.2, -0.15) is 0 Å². The van der Waals surface area contributed by atoms with E-state index >= 15 is 0 Å². The fourth-order valence-corrected chi connectivity index (χ4v) is 4.17. The molecule has 1 unspecified atom stereocenters. The summed E-state index contributed by atoms with van der Waals surface area (Å²) in [6, 6.07) is 2.46. The van der Waals surface area contributed by atoms with Gasteiger partial charge in [-0.1, -0.05) is 0 Å². The van der Waals surface area contributed by atoms with E-state index in [0.29, 0.717) is 11.9 Å². The Hall–Kier alpha value is -1.18. The van der Waals surface area contributed by atoms with E-state index in [1.807, 2.05) is 0 Å². The van der Waals surface area contributed by atoms with Crippen molar-refractivity contribution in [2.75, 3.05) is 18.0 Å². The van der Waals surface area contributed by atoms with Gasteiger partial charge in [-0.15, -0.1) is 11.3 Å². The number of piperidine rings is 1. The minimum absolute atomic E-state index is 0.0239. The summed E-state index contributed by atoms with van der Waals surface area (Å²) in [6.07, 6.45) is 5.59. The highest BCUT2D eigenvalue weighted by Gasteiger charge is 2.22. The molecule has 2 aromatic heterocycles. The minimum Gasteiger partial charge on any atom is -0.350 e. The van der Waals surface area contributed by atoms with Gasteiger partial charge in [-0.05, 0) is 40.2 Å². The molecular weight excluding hydrogens is 364 g/mol. The van der Waals surface area contributed by atoms with Crippen LogP contribution in [-0.4, -0.2) is 28.7 Å². The van der Waals surface area contributed by atoms with Crippen LogP contribution in [0.15, 0.2) is 33.1 Å². The van der Waals surface area contributed by atoms with Gasteiger partial charge in [-0.3, -0.25) is 4.79 Å². The first kappa shape index (κ1) is 15.7. The lowest BCUT2D eigenvalue weighted by Crippen LogP contribution is -2.47. The summed E-state index contributed by atoms with van der Waals surface area (Å²) < 4.78 is 2.75. The Morgan fingerprint density at radius 2 is 2.41 bits per heavy atom. The number of nitrogens with zero attached hydrogens (tertiary/aromatic N) is 3. The highest BCUT2D eigenvalue weighted by atomic mass is 79.9. The molecule has 1 aliphatic heterocycles. The van der Waals surface area contributed by atoms with E-state index in [4.69, 9.17) is 0 Å². The van der Waals surface area contributed by atoms with Gasteiger partial charge in [0.2, 0.25) is 0 Å². The summed E-state index contributed by atoms with van der Waals surface area (Å²) in [4.78, 5) is 19.9. The summed E-state index contributed by atoms with van der Waals surface area (Å²) >= 11 is 5.31. The lowest BCUT2D eigenvalue weighted by molar-refractivity contribution is 0.420. The molecule has 0 bridgehead atoms. The molecule has 0 saturated carbocycles. The smallest absolute Gasteiger partial charge is 0.293 e. The topological polar surface area (TPSA) is 50.2 Å². The molecule has 1 N–H and O–H groups in total. The monoisotopic (exact) mass is 382 g/mol. The van der Waals surface area contributed by atoms with Crippen molar-refractivity contribution in [1.82, 2.24) is 14.9 Å². The summed E-state index contributed by atoms with van der Waals surface area (Å²) in [6.45, 7) is 2.58. The normalized spacial score (nSPS) is 18.6. The SMILES string of the molecule is Cn1ccnc(N2CCCC(NCc3sccc3Br)C2)c1=O. The fourth-order valence-electron chi connectivity index (χ4n) is 2.73. The second-order valence-electron chi connectivity index (χ2n) is 5.52. The summed E-state index contributed by atoms with van der Waals surface area (Å²) in [7, 11) is 1.77. The van der Waals surface area contributed by atoms with Crippen LogP contribution in [0, 0.1) is 0 Å². The van der Waals surface area contributed by atoms with Crippen molar-refractivity contribution in [1.29, 1.82) is 0 Å². The molecule has 3 heterocycles. The zero-order chi connectivity index (χ0) is 15.5. The zero-order valence-electron chi connectivity index (χ0n) is 12.5. The third-order valence-electron chi connectivity index (χ3n) is 3.96. The van der Waals surface area contributed by atoms with Crippen molar-refractivity contribution in [3.63, 3.8) is 0 Å². The predicted octanol–water partition coefficient (Wildman–Crippen LogP) is 2.36. The van der Waals surface area contributed by atoms with Crippen LogP contribution in [-0.2, 0) is 13.6 Å². The maximum absolute atomic E-state index is 12.2. The van der Waals surface area contributed by atoms with Crippen molar-refractivity contribution in [2.24, 2.45) is 7.05 Å². The molecule has 118 valence electrons. The van der Waals surface area contributed by atoms with E-state index in [2.05, 4.69) is 42.6 Å². The molecule has 5 nitrogen and oxygen atoms in total. The quantitative estimate of drug-likeness (QED) is 0.881. The number of hydrogen-bond donors (Lipinski definition) is 1. The molecule has 2 aromatic rings. The maximum Gasteiger partial charge on any atom is 0.293 e. The molecule has 0 aliphatic carbocycles. The van der Waals surface area contributed by atoms with Gasteiger partial charge in [0, 0.05) is 54.5 Å². The zero-order valence-corrected chi connectivity index (χ0v) is 14.9. The van der Waals surface area contributed by atoms with Crippen LogP contribution in [0.2, 0.25) is 0 Å². The molecule has 3 rings (SSSR count). The Morgan fingerprint density at radius 3 is 3.18 bits per heavy atom. The lowest BCUT2D eigenvalue weighted by atomic mass is 10.1. The molecule has 0 spiro atoms. The van der Waals surface area contributed by atoms with Crippen LogP contribution in [0.1, 0.15) is 17.7 Å². The van der Waals surface area contributed by atoms with E-state index in [9.17, 15) is 4.79 Å². The number of aryl methyl sites for hydroxylation is 1. The van der Waals surface area contributed by atoms with Crippen molar-refractivity contribution >= 4 is 33.1 Å². The van der Waals surface area contributed by atoms with Crippen molar-refractivity contribution in [2.45, 2.75) is 25.4 Å². The van der Waals surface area contributed by atoms with Crippen LogP contribution < -0.4 is 15.8 Å². The van der Waals surface area contributed by atoms with Gasteiger partial charge in [0.15, 0.2) is 5.82 Å². The number of hydrogen-bond acceptors (Lipinski definition) is 5. The van der Waals surface area contributed by atoms with Crippen LogP contribution in [0.4, 0.5) is 5.82 Å². The average Bonchev–Trinajstić information content (AvgIpc) is 2.93. The van der Waals surface area contributed by atoms with E-state index in [0.717, 1.165) is 36.9 Å². The van der Waals surface area contributed by atoms with Crippen molar-refractivity contribution < 1.29 is 0 Å². The molecule has 1 atom stereocenters. The summed E-state index contributed by atoms with van der Waals surface area (Å²) in [5, 5.41) is 5.69. The van der Waals surface area contributed by atoms with Crippen LogP contribution in [0.5, 0.6) is 0 Å². The van der Waals surface area contributed by atoms with Gasteiger partial charge in [0.05, 0.1) is 0 Å². The third-order valence-corrected chi connectivity index (χ3v) is 5.89. The highest BCUT2D eigenvalue weighted by molar-refractivity contribution is 9.10. The molecule has 7 heteroatoms. The number of rotatable bonds is 4. The van der Waals surface area contributed by atoms with Crippen LogP contribution in [0.25, 0.3) is 0 Å². The first-order chi connectivity index (χ1) is 10.6. The second kappa shape index (κ2) is 6.93. The first-order valence-corrected chi connectivity index (χ1v) is 9.04. The molecule has 1 fully saturated rings. The average molecular weight is 383 g/mol. The predicted molar refractivity (Wildman–Crippen MR) is 93.6 cm³/mol. The van der Waals surface area contributed by atoms with Crippen molar-refractivity contribution in [3.05, 3.63) is 43.5 Å².